The fourth-order valence-electron chi connectivity index (χ4n) is 6.02. The molecule has 0 radical (unpaired) electrons. The number of carbonyl (C=O) groups is 1. The third kappa shape index (κ3) is 7.07. The Morgan fingerprint density at radius 3 is 2.60 bits per heavy atom. The second-order valence-corrected chi connectivity index (χ2v) is 12.4. The van der Waals surface area contributed by atoms with Crippen LogP contribution >= 0.6 is 0 Å². The zero-order valence-electron chi connectivity index (χ0n) is 27.4. The molecule has 1 unspecified atom stereocenters. The number of aryl methyl sites for hydroxylation is 1. The van der Waals surface area contributed by atoms with Gasteiger partial charge in [-0.05, 0) is 67.6 Å². The lowest BCUT2D eigenvalue weighted by Gasteiger charge is -2.30. The molecule has 47 heavy (non-hydrogen) atoms. The molecule has 0 bridgehead atoms. The maximum Gasteiger partial charge on any atom is 0.242 e. The Bertz CT molecular complexity index is 1870. The summed E-state index contributed by atoms with van der Waals surface area (Å²) in [7, 11) is 5.53. The van der Waals surface area contributed by atoms with E-state index in [4.69, 9.17) is 15.5 Å². The van der Waals surface area contributed by atoms with E-state index >= 15 is 4.39 Å². The molecule has 1 amide bonds. The van der Waals surface area contributed by atoms with Crippen LogP contribution < -0.4 is 15.8 Å². The molecule has 0 aliphatic carbocycles. The average Bonchev–Trinajstić information content (AvgIpc) is 3.49. The summed E-state index contributed by atoms with van der Waals surface area (Å²) in [5, 5.41) is 5.31. The van der Waals surface area contributed by atoms with E-state index < -0.39 is 11.9 Å². The van der Waals surface area contributed by atoms with Crippen molar-refractivity contribution in [2.24, 2.45) is 0 Å². The molecule has 0 spiro atoms. The van der Waals surface area contributed by atoms with Gasteiger partial charge in [-0.15, -0.1) is 0 Å². The van der Waals surface area contributed by atoms with Gasteiger partial charge in [0.1, 0.15) is 30.3 Å². The number of amides is 1. The maximum absolute atomic E-state index is 16.9. The number of hydrogen-bond donors (Lipinski definition) is 2. The van der Waals surface area contributed by atoms with Crippen molar-refractivity contribution in [1.82, 2.24) is 24.3 Å². The van der Waals surface area contributed by atoms with Crippen molar-refractivity contribution in [3.8, 4) is 17.0 Å². The van der Waals surface area contributed by atoms with Gasteiger partial charge in [-0.25, -0.2) is 14.4 Å². The van der Waals surface area contributed by atoms with Gasteiger partial charge < -0.3 is 30.2 Å². The molecule has 5 aromatic rings. The number of aromatic nitrogens is 3. The fourth-order valence-corrected chi connectivity index (χ4v) is 6.02. The topological polar surface area (TPSA) is 102 Å². The molecular weight excluding hydrogens is 593 g/mol. The van der Waals surface area contributed by atoms with E-state index in [0.29, 0.717) is 29.3 Å². The summed E-state index contributed by atoms with van der Waals surface area (Å²) in [5.74, 6) is 0.634. The van der Waals surface area contributed by atoms with Crippen molar-refractivity contribution in [3.63, 3.8) is 0 Å². The van der Waals surface area contributed by atoms with E-state index in [9.17, 15) is 4.79 Å². The lowest BCUT2D eigenvalue weighted by Crippen LogP contribution is -2.35. The second-order valence-electron chi connectivity index (χ2n) is 12.4. The number of fused-ring (bicyclic) bond motifs is 1. The van der Waals surface area contributed by atoms with Crippen molar-refractivity contribution < 1.29 is 13.9 Å². The number of ether oxygens (including phenoxy) is 1. The van der Waals surface area contributed by atoms with Crippen molar-refractivity contribution in [2.75, 3.05) is 45.3 Å². The Hall–Kier alpha value is -4.96. The molecule has 1 fully saturated rings. The average molecular weight is 636 g/mol. The molecule has 0 saturated carbocycles. The monoisotopic (exact) mass is 635 g/mol. The third-order valence-electron chi connectivity index (χ3n) is 8.85. The molecule has 2 aromatic heterocycles. The van der Waals surface area contributed by atoms with E-state index in [2.05, 4.69) is 22.2 Å². The first-order valence-electron chi connectivity index (χ1n) is 16.1. The number of imidazole rings is 1. The highest BCUT2D eigenvalue weighted by atomic mass is 19.1. The number of hydrogen-bond acceptors (Lipinski definition) is 7. The quantitative estimate of drug-likeness (QED) is 0.190. The van der Waals surface area contributed by atoms with Gasteiger partial charge in [0.25, 0.3) is 0 Å². The van der Waals surface area contributed by atoms with Crippen LogP contribution in [0.5, 0.6) is 5.75 Å². The number of piperidine rings is 1. The third-order valence-corrected chi connectivity index (χ3v) is 8.85. The van der Waals surface area contributed by atoms with Crippen molar-refractivity contribution >= 4 is 28.2 Å². The fraction of sp³-hybridized carbons (Fsp3) is 0.324. The number of benzene rings is 3. The Morgan fingerprint density at radius 2 is 1.87 bits per heavy atom. The number of pyridine rings is 1. The van der Waals surface area contributed by atoms with Crippen LogP contribution in [-0.2, 0) is 17.8 Å². The number of likely N-dealkylation sites (tertiary alicyclic amines) is 1. The zero-order valence-corrected chi connectivity index (χ0v) is 27.4. The Labute approximate surface area is 275 Å². The predicted molar refractivity (Wildman–Crippen MR) is 185 cm³/mol. The lowest BCUT2D eigenvalue weighted by molar-refractivity contribution is -0.129. The number of nitrogens with one attached hydrogen (secondary N) is 1. The number of carbonyl (C=O) groups excluding carboxylic acids is 1. The number of likely N-dealkylation sites (N-methyl/N-ethyl adjacent to an activating group) is 1. The maximum atomic E-state index is 16.9. The van der Waals surface area contributed by atoms with Crippen LogP contribution in [-0.4, -0.2) is 70.6 Å². The van der Waals surface area contributed by atoms with Gasteiger partial charge >= 0.3 is 0 Å². The van der Waals surface area contributed by atoms with Crippen LogP contribution in [0.4, 0.5) is 15.9 Å². The van der Waals surface area contributed by atoms with Gasteiger partial charge in [-0.1, -0.05) is 43.3 Å². The highest BCUT2D eigenvalue weighted by Crippen LogP contribution is 2.36. The first kappa shape index (κ1) is 32.0. The molecule has 1 aliphatic rings. The summed E-state index contributed by atoms with van der Waals surface area (Å²) in [4.78, 5) is 26.2. The molecule has 3 N–H and O–H groups in total. The van der Waals surface area contributed by atoms with Gasteiger partial charge in [-0.3, -0.25) is 4.79 Å². The van der Waals surface area contributed by atoms with Crippen molar-refractivity contribution in [2.45, 2.75) is 44.9 Å². The number of halogens is 1. The van der Waals surface area contributed by atoms with E-state index in [1.54, 1.807) is 25.2 Å². The lowest BCUT2D eigenvalue weighted by atomic mass is 9.99. The molecule has 3 heterocycles. The molecule has 244 valence electrons. The summed E-state index contributed by atoms with van der Waals surface area (Å²) in [6.45, 7) is 3.88. The van der Waals surface area contributed by atoms with Crippen LogP contribution in [0.15, 0.2) is 79.1 Å². The molecule has 10 heteroatoms. The van der Waals surface area contributed by atoms with E-state index in [1.165, 1.54) is 0 Å². The summed E-state index contributed by atoms with van der Waals surface area (Å²) in [6, 6.07) is 20.4. The van der Waals surface area contributed by atoms with Crippen LogP contribution in [0, 0.1) is 5.82 Å². The number of nitrogens with two attached hydrogens (primary N) is 1. The minimum absolute atomic E-state index is 0.0360. The van der Waals surface area contributed by atoms with Crippen molar-refractivity contribution in [3.05, 3.63) is 102 Å². The predicted octanol–water partition coefficient (Wildman–Crippen LogP) is 6.14. The van der Waals surface area contributed by atoms with Crippen LogP contribution in [0.25, 0.3) is 22.0 Å². The summed E-state index contributed by atoms with van der Waals surface area (Å²) in [6.07, 6.45) is 5.81. The van der Waals surface area contributed by atoms with Crippen LogP contribution in [0.2, 0.25) is 0 Å². The number of nitrogen functional groups attached to an aromatic ring is 1. The first-order valence-corrected chi connectivity index (χ1v) is 16.1. The molecule has 3 aromatic carbocycles. The second kappa shape index (κ2) is 13.8. The smallest absolute Gasteiger partial charge is 0.242 e. The minimum Gasteiger partial charge on any atom is -0.487 e. The number of rotatable bonds is 10. The molecular formula is C37H42FN7O2. The first-order chi connectivity index (χ1) is 22.7. The summed E-state index contributed by atoms with van der Waals surface area (Å²) in [5.41, 5.74) is 9.80. The van der Waals surface area contributed by atoms with Crippen LogP contribution in [0.3, 0.4) is 0 Å². The normalized spacial score (nSPS) is 14.7. The molecule has 6 rings (SSSR count). The Morgan fingerprint density at radius 1 is 1.11 bits per heavy atom. The molecule has 9 nitrogen and oxygen atoms in total. The highest BCUT2D eigenvalue weighted by Gasteiger charge is 2.29. The Balaban J connectivity index is 1.51. The zero-order chi connectivity index (χ0) is 33.1. The SMILES string of the molecule is CCc1cc(OC2CCN(C)CC2)c(F)c(C(Nc2ccc3c(N)nccc3c2)c2nc(-c3ccccc3)cn2CC(=O)N(C)C)c1. The standard InChI is InChI=1S/C37H42FN7O2/c1-5-24-19-30(34(38)32(20-24)47-28-14-17-44(4)18-15-28)35(41-27-11-12-29-26(21-27)13-16-40-36(29)39)37-42-31(25-9-7-6-8-10-25)22-45(37)23-33(46)43(2)3/h6-13,16,19-22,28,35,41H,5,14-15,17-18,23H2,1-4H3,(H2,39,40). The Kier molecular flexibility index (Phi) is 9.40. The largest absolute Gasteiger partial charge is 0.487 e. The summed E-state index contributed by atoms with van der Waals surface area (Å²) < 4.78 is 25.1. The minimum atomic E-state index is -0.773. The van der Waals surface area contributed by atoms with Gasteiger partial charge in [0.15, 0.2) is 11.6 Å². The molecule has 1 atom stereocenters. The number of anilines is 2. The molecule has 1 saturated heterocycles. The van der Waals surface area contributed by atoms with E-state index in [0.717, 1.165) is 53.5 Å². The summed E-state index contributed by atoms with van der Waals surface area (Å²) >= 11 is 0. The van der Waals surface area contributed by atoms with Gasteiger partial charge in [0.2, 0.25) is 5.91 Å². The van der Waals surface area contributed by atoms with E-state index in [1.807, 2.05) is 84.4 Å². The highest BCUT2D eigenvalue weighted by molar-refractivity contribution is 5.93. The van der Waals surface area contributed by atoms with Gasteiger partial charge in [0, 0.05) is 61.8 Å². The van der Waals surface area contributed by atoms with Crippen LogP contribution in [0.1, 0.15) is 42.8 Å². The van der Waals surface area contributed by atoms with E-state index in [-0.39, 0.29) is 24.3 Å². The van der Waals surface area contributed by atoms with Crippen molar-refractivity contribution in [1.29, 1.82) is 0 Å². The van der Waals surface area contributed by atoms with Gasteiger partial charge in [0.05, 0.1) is 5.69 Å². The van der Waals surface area contributed by atoms with Gasteiger partial charge in [-0.2, -0.15) is 0 Å². The number of nitrogens with zero attached hydrogens (tertiary/aromatic N) is 5. The molecule has 1 aliphatic heterocycles.